The number of fused-ring (bicyclic) bond motifs is 1. The monoisotopic (exact) mass is 364 g/mol. The van der Waals surface area contributed by atoms with E-state index in [-0.39, 0.29) is 0 Å². The Hall–Kier alpha value is -1.00. The van der Waals surface area contributed by atoms with E-state index >= 15 is 0 Å². The number of nitrogens with zero attached hydrogens (tertiary/aromatic N) is 1. The van der Waals surface area contributed by atoms with Crippen LogP contribution in [0.15, 0.2) is 24.4 Å². The predicted octanol–water partition coefficient (Wildman–Crippen LogP) is 4.42. The highest BCUT2D eigenvalue weighted by atomic mass is 79.9. The lowest BCUT2D eigenvalue weighted by Crippen LogP contribution is -2.19. The van der Waals surface area contributed by atoms with Crippen molar-refractivity contribution in [3.05, 3.63) is 30.5 Å². The van der Waals surface area contributed by atoms with Gasteiger partial charge in [0.25, 0.3) is 0 Å². The van der Waals surface area contributed by atoms with Crippen molar-refractivity contribution in [2.24, 2.45) is 5.92 Å². The van der Waals surface area contributed by atoms with Gasteiger partial charge in [-0.2, -0.15) is 0 Å². The van der Waals surface area contributed by atoms with Crippen LogP contribution in [0.4, 0.5) is 0 Å². The minimum absolute atomic E-state index is 0.720. The Morgan fingerprint density at radius 3 is 2.95 bits per heavy atom. The molecule has 0 bridgehead atoms. The van der Waals surface area contributed by atoms with E-state index in [0.29, 0.717) is 0 Å². The zero-order valence-electron chi connectivity index (χ0n) is 12.9. The molecule has 1 aliphatic rings. The summed E-state index contributed by atoms with van der Waals surface area (Å²) in [6.07, 6.45) is 6.63. The Bertz CT molecular complexity index is 590. The van der Waals surface area contributed by atoms with Gasteiger partial charge < -0.3 is 14.0 Å². The van der Waals surface area contributed by atoms with Crippen LogP contribution in [0.5, 0.6) is 5.75 Å². The lowest BCUT2D eigenvalue weighted by atomic mass is 10.0. The maximum absolute atomic E-state index is 5.81. The van der Waals surface area contributed by atoms with Crippen LogP contribution < -0.4 is 4.74 Å². The first-order valence-corrected chi connectivity index (χ1v) is 9.26. The number of ether oxygens (including phenoxy) is 2. The Morgan fingerprint density at radius 2 is 2.14 bits per heavy atom. The van der Waals surface area contributed by atoms with Crippen molar-refractivity contribution >= 4 is 26.8 Å². The molecule has 1 fully saturated rings. The van der Waals surface area contributed by atoms with Crippen LogP contribution in [0.25, 0.3) is 10.9 Å². The van der Waals surface area contributed by atoms with Crippen LogP contribution in [-0.2, 0) is 11.3 Å². The van der Waals surface area contributed by atoms with E-state index < -0.39 is 0 Å². The van der Waals surface area contributed by atoms with E-state index in [9.17, 15) is 0 Å². The first-order valence-electron chi connectivity index (χ1n) is 8.14. The molecule has 1 aromatic heterocycles. The number of hydrogen-bond acceptors (Lipinski definition) is 2. The van der Waals surface area contributed by atoms with E-state index in [1.54, 1.807) is 0 Å². The van der Waals surface area contributed by atoms with Gasteiger partial charge in [-0.15, -0.1) is 0 Å². The van der Waals surface area contributed by atoms with Gasteiger partial charge in [0, 0.05) is 48.3 Å². The van der Waals surface area contributed by atoms with E-state index in [1.165, 1.54) is 5.52 Å². The molecule has 3 rings (SSSR count). The summed E-state index contributed by atoms with van der Waals surface area (Å²) in [7, 11) is 0. The number of halogens is 1. The zero-order chi connectivity index (χ0) is 15.2. The topological polar surface area (TPSA) is 23.4 Å². The second-order valence-electron chi connectivity index (χ2n) is 5.91. The maximum Gasteiger partial charge on any atom is 0.120 e. The van der Waals surface area contributed by atoms with Gasteiger partial charge in [-0.05, 0) is 49.8 Å². The molecule has 3 nitrogen and oxygen atoms in total. The SMILES string of the molecule is BrCCCCOc1ccc2c([c]cn2CC2CCOCC2)c1. The van der Waals surface area contributed by atoms with Gasteiger partial charge in [0.15, 0.2) is 0 Å². The number of hydrogen-bond donors (Lipinski definition) is 0. The van der Waals surface area contributed by atoms with Gasteiger partial charge in [-0.1, -0.05) is 15.9 Å². The van der Waals surface area contributed by atoms with Crippen LogP contribution in [0.1, 0.15) is 25.7 Å². The molecule has 0 N–H and O–H groups in total. The summed E-state index contributed by atoms with van der Waals surface area (Å²) in [5.74, 6) is 1.67. The highest BCUT2D eigenvalue weighted by Crippen LogP contribution is 2.24. The van der Waals surface area contributed by atoms with Crippen molar-refractivity contribution in [2.75, 3.05) is 25.2 Å². The number of aromatic nitrogens is 1. The molecule has 0 saturated carbocycles. The highest BCUT2D eigenvalue weighted by molar-refractivity contribution is 9.09. The van der Waals surface area contributed by atoms with Crippen LogP contribution >= 0.6 is 15.9 Å². The van der Waals surface area contributed by atoms with Crippen LogP contribution in [-0.4, -0.2) is 29.7 Å². The molecule has 1 aromatic carbocycles. The average Bonchev–Trinajstić information content (AvgIpc) is 2.95. The van der Waals surface area contributed by atoms with Crippen LogP contribution in [0, 0.1) is 12.0 Å². The summed E-state index contributed by atoms with van der Waals surface area (Å²) in [5, 5.41) is 2.18. The summed E-state index contributed by atoms with van der Waals surface area (Å²) in [6.45, 7) is 3.65. The van der Waals surface area contributed by atoms with E-state index in [1.807, 2.05) is 0 Å². The van der Waals surface area contributed by atoms with E-state index in [0.717, 1.165) is 74.4 Å². The third kappa shape index (κ3) is 4.05. The predicted molar refractivity (Wildman–Crippen MR) is 92.8 cm³/mol. The van der Waals surface area contributed by atoms with E-state index in [2.05, 4.69) is 51.0 Å². The number of alkyl halides is 1. The van der Waals surface area contributed by atoms with Gasteiger partial charge in [0.2, 0.25) is 0 Å². The number of benzene rings is 1. The molecule has 22 heavy (non-hydrogen) atoms. The summed E-state index contributed by atoms with van der Waals surface area (Å²) < 4.78 is 13.6. The molecule has 2 heterocycles. The minimum Gasteiger partial charge on any atom is -0.494 e. The lowest BCUT2D eigenvalue weighted by molar-refractivity contribution is 0.0616. The fraction of sp³-hybridized carbons (Fsp3) is 0.556. The van der Waals surface area contributed by atoms with Crippen molar-refractivity contribution in [3.63, 3.8) is 0 Å². The molecule has 119 valence electrons. The van der Waals surface area contributed by atoms with Crippen molar-refractivity contribution < 1.29 is 9.47 Å². The molecular formula is C18H23BrNO2. The fourth-order valence-electron chi connectivity index (χ4n) is 2.93. The minimum atomic E-state index is 0.720. The third-order valence-electron chi connectivity index (χ3n) is 4.25. The molecule has 1 aliphatic heterocycles. The average molecular weight is 365 g/mol. The third-order valence-corrected chi connectivity index (χ3v) is 4.81. The normalized spacial score (nSPS) is 16.2. The number of unbranched alkanes of at least 4 members (excludes halogenated alkanes) is 1. The summed E-state index contributed by atoms with van der Waals surface area (Å²) in [5.41, 5.74) is 1.25. The van der Waals surface area contributed by atoms with Crippen molar-refractivity contribution in [1.82, 2.24) is 4.57 Å². The number of rotatable bonds is 7. The highest BCUT2D eigenvalue weighted by Gasteiger charge is 2.15. The molecule has 4 heteroatoms. The van der Waals surface area contributed by atoms with Crippen LogP contribution in [0.2, 0.25) is 0 Å². The Labute approximate surface area is 140 Å². The fourth-order valence-corrected chi connectivity index (χ4v) is 3.33. The largest absolute Gasteiger partial charge is 0.494 e. The summed E-state index contributed by atoms with van der Waals surface area (Å²) >= 11 is 3.44. The smallest absolute Gasteiger partial charge is 0.120 e. The second-order valence-corrected chi connectivity index (χ2v) is 6.70. The molecule has 0 aliphatic carbocycles. The maximum atomic E-state index is 5.81. The molecule has 1 radical (unpaired) electrons. The molecular weight excluding hydrogens is 342 g/mol. The standard InChI is InChI=1S/C18H23BrNO2/c19-8-1-2-10-22-17-3-4-18-16(13-17)5-9-20(18)14-15-6-11-21-12-7-15/h3-4,9,13,15H,1-2,6-8,10-12,14H2. The molecule has 1 saturated heterocycles. The molecule has 0 unspecified atom stereocenters. The van der Waals surface area contributed by atoms with Gasteiger partial charge in [0.05, 0.1) is 6.61 Å². The van der Waals surface area contributed by atoms with Gasteiger partial charge in [-0.3, -0.25) is 0 Å². The van der Waals surface area contributed by atoms with Crippen LogP contribution in [0.3, 0.4) is 0 Å². The lowest BCUT2D eigenvalue weighted by Gasteiger charge is -2.22. The Morgan fingerprint density at radius 1 is 1.27 bits per heavy atom. The van der Waals surface area contributed by atoms with Gasteiger partial charge in [0.1, 0.15) is 5.75 Å². The molecule has 0 atom stereocenters. The molecule has 0 spiro atoms. The van der Waals surface area contributed by atoms with E-state index in [4.69, 9.17) is 9.47 Å². The molecule has 0 amide bonds. The molecule has 2 aromatic rings. The second kappa shape index (κ2) is 8.02. The first-order chi connectivity index (χ1) is 10.9. The summed E-state index contributed by atoms with van der Waals surface area (Å²) in [4.78, 5) is 0. The first kappa shape index (κ1) is 15.9. The van der Waals surface area contributed by atoms with Crippen molar-refractivity contribution in [2.45, 2.75) is 32.2 Å². The van der Waals surface area contributed by atoms with Crippen molar-refractivity contribution in [1.29, 1.82) is 0 Å². The van der Waals surface area contributed by atoms with Gasteiger partial charge >= 0.3 is 0 Å². The zero-order valence-corrected chi connectivity index (χ0v) is 14.5. The Balaban J connectivity index is 1.64. The van der Waals surface area contributed by atoms with Crippen molar-refractivity contribution in [3.8, 4) is 5.75 Å². The Kier molecular flexibility index (Phi) is 5.79. The quantitative estimate of drug-likeness (QED) is 0.536. The van der Waals surface area contributed by atoms with Gasteiger partial charge in [-0.25, -0.2) is 0 Å². The summed E-state index contributed by atoms with van der Waals surface area (Å²) in [6, 6.07) is 9.70.